The van der Waals surface area contributed by atoms with Crippen molar-refractivity contribution in [1.29, 1.82) is 0 Å². The molecule has 0 aliphatic rings. The molecule has 142 valence electrons. The predicted octanol–water partition coefficient (Wildman–Crippen LogP) is 5.11. The lowest BCUT2D eigenvalue weighted by Crippen LogP contribution is -2.34. The average molecular weight is 411 g/mol. The van der Waals surface area contributed by atoms with Gasteiger partial charge in [-0.25, -0.2) is 4.98 Å². The number of thiazole rings is 1. The summed E-state index contributed by atoms with van der Waals surface area (Å²) in [5.41, 5.74) is 3.40. The van der Waals surface area contributed by atoms with E-state index in [1.165, 1.54) is 11.3 Å². The Bertz CT molecular complexity index is 1140. The molecule has 2 aromatic carbocycles. The molecule has 2 aromatic heterocycles. The normalized spacial score (nSPS) is 11.1. The highest BCUT2D eigenvalue weighted by atomic mass is 35.5. The second-order valence-electron chi connectivity index (χ2n) is 6.63. The molecule has 28 heavy (non-hydrogen) atoms. The number of rotatable bonds is 5. The van der Waals surface area contributed by atoms with Crippen LogP contribution >= 0.6 is 22.9 Å². The summed E-state index contributed by atoms with van der Waals surface area (Å²) >= 11 is 7.77. The minimum Gasteiger partial charge on any atom is -0.282 e. The fraction of sp³-hybridized carbons (Fsp3) is 0.190. The number of carbonyl (C=O) groups is 1. The second-order valence-corrected chi connectivity index (χ2v) is 8.04. The number of aromatic nitrogens is 3. The molecule has 5 nitrogen and oxygen atoms in total. The van der Waals surface area contributed by atoms with E-state index in [0.29, 0.717) is 28.8 Å². The number of benzene rings is 2. The van der Waals surface area contributed by atoms with Crippen LogP contribution in [0.25, 0.3) is 10.2 Å². The number of carbonyl (C=O) groups excluding carboxylic acids is 1. The van der Waals surface area contributed by atoms with Gasteiger partial charge in [0, 0.05) is 24.5 Å². The molecule has 0 aliphatic heterocycles. The molecule has 4 aromatic rings. The number of aryl methyl sites for hydroxylation is 2. The Morgan fingerprint density at radius 3 is 2.82 bits per heavy atom. The first-order chi connectivity index (χ1) is 13.5. The fourth-order valence-corrected chi connectivity index (χ4v) is 4.34. The van der Waals surface area contributed by atoms with Crippen LogP contribution in [0.15, 0.2) is 54.9 Å². The van der Waals surface area contributed by atoms with Gasteiger partial charge in [-0.2, -0.15) is 5.10 Å². The summed E-state index contributed by atoms with van der Waals surface area (Å²) in [6.45, 7) is 4.98. The zero-order valence-electron chi connectivity index (χ0n) is 15.6. The standard InChI is InChI=1S/C21H19ClN4OS/c1-14-7-8-15(2)16(13-14)20(27)26(12-11-25-10-4-9-23-25)21-24-19-17(22)5-3-6-18(19)28-21/h3-10,13H,11-12H2,1-2H3. The van der Waals surface area contributed by atoms with E-state index >= 15 is 0 Å². The van der Waals surface area contributed by atoms with Gasteiger partial charge < -0.3 is 0 Å². The van der Waals surface area contributed by atoms with Crippen LogP contribution in [0.2, 0.25) is 5.02 Å². The molecule has 0 bridgehead atoms. The molecule has 0 radical (unpaired) electrons. The van der Waals surface area contributed by atoms with Crippen molar-refractivity contribution < 1.29 is 4.79 Å². The number of para-hydroxylation sites is 1. The van der Waals surface area contributed by atoms with Crippen LogP contribution in [0.3, 0.4) is 0 Å². The Morgan fingerprint density at radius 1 is 1.21 bits per heavy atom. The number of hydrogen-bond acceptors (Lipinski definition) is 4. The maximum absolute atomic E-state index is 13.5. The largest absolute Gasteiger partial charge is 0.282 e. The highest BCUT2D eigenvalue weighted by molar-refractivity contribution is 7.22. The molecule has 0 saturated carbocycles. The average Bonchev–Trinajstić information content (AvgIpc) is 3.34. The lowest BCUT2D eigenvalue weighted by molar-refractivity contribution is 0.0985. The summed E-state index contributed by atoms with van der Waals surface area (Å²) < 4.78 is 2.77. The summed E-state index contributed by atoms with van der Waals surface area (Å²) in [6.07, 6.45) is 3.62. The first kappa shape index (κ1) is 18.7. The van der Waals surface area contributed by atoms with Crippen molar-refractivity contribution in [3.05, 3.63) is 76.6 Å². The number of fused-ring (bicyclic) bond motifs is 1. The molecule has 7 heteroatoms. The van der Waals surface area contributed by atoms with Crippen LogP contribution in [0, 0.1) is 13.8 Å². The second kappa shape index (κ2) is 7.73. The molecule has 0 atom stereocenters. The third-order valence-electron chi connectivity index (χ3n) is 4.57. The maximum Gasteiger partial charge on any atom is 0.260 e. The zero-order valence-corrected chi connectivity index (χ0v) is 17.2. The summed E-state index contributed by atoms with van der Waals surface area (Å²) in [5, 5.41) is 5.47. The highest BCUT2D eigenvalue weighted by Crippen LogP contribution is 2.33. The van der Waals surface area contributed by atoms with Crippen molar-refractivity contribution in [2.45, 2.75) is 20.4 Å². The smallest absolute Gasteiger partial charge is 0.260 e. The van der Waals surface area contributed by atoms with Gasteiger partial charge in [0.1, 0.15) is 5.52 Å². The first-order valence-electron chi connectivity index (χ1n) is 8.94. The third-order valence-corrected chi connectivity index (χ3v) is 5.92. The first-order valence-corrected chi connectivity index (χ1v) is 10.1. The molecule has 4 rings (SSSR count). The van der Waals surface area contributed by atoms with Crippen LogP contribution < -0.4 is 4.90 Å². The summed E-state index contributed by atoms with van der Waals surface area (Å²) in [5.74, 6) is -0.0662. The van der Waals surface area contributed by atoms with E-state index in [1.54, 1.807) is 11.1 Å². The van der Waals surface area contributed by atoms with Crippen LogP contribution in [0.4, 0.5) is 5.13 Å². The van der Waals surface area contributed by atoms with Crippen LogP contribution in [0.1, 0.15) is 21.5 Å². The molecule has 0 unspecified atom stereocenters. The number of halogens is 1. The Kier molecular flexibility index (Phi) is 5.15. The van der Waals surface area contributed by atoms with E-state index < -0.39 is 0 Å². The summed E-state index contributed by atoms with van der Waals surface area (Å²) in [6, 6.07) is 13.5. The van der Waals surface area contributed by atoms with E-state index in [4.69, 9.17) is 11.6 Å². The van der Waals surface area contributed by atoms with Crippen molar-refractivity contribution in [3.8, 4) is 0 Å². The topological polar surface area (TPSA) is 51.0 Å². The zero-order chi connectivity index (χ0) is 19.7. The minimum absolute atomic E-state index is 0.0662. The summed E-state index contributed by atoms with van der Waals surface area (Å²) in [4.78, 5) is 19.9. The molecule has 0 spiro atoms. The van der Waals surface area contributed by atoms with Gasteiger partial charge in [0.25, 0.3) is 5.91 Å². The van der Waals surface area contributed by atoms with E-state index in [9.17, 15) is 4.79 Å². The molecule has 0 fully saturated rings. The third kappa shape index (κ3) is 3.66. The van der Waals surface area contributed by atoms with Crippen LogP contribution in [0.5, 0.6) is 0 Å². The quantitative estimate of drug-likeness (QED) is 0.459. The Labute approximate surface area is 172 Å². The Morgan fingerprint density at radius 2 is 2.07 bits per heavy atom. The Hall–Kier alpha value is -2.70. The lowest BCUT2D eigenvalue weighted by Gasteiger charge is -2.21. The SMILES string of the molecule is Cc1ccc(C)c(C(=O)N(CCn2cccn2)c2nc3c(Cl)cccc3s2)c1. The highest BCUT2D eigenvalue weighted by Gasteiger charge is 2.23. The van der Waals surface area contributed by atoms with Gasteiger partial charge >= 0.3 is 0 Å². The number of anilines is 1. The monoisotopic (exact) mass is 410 g/mol. The van der Waals surface area contributed by atoms with Gasteiger partial charge in [0.05, 0.1) is 16.3 Å². The molecule has 2 heterocycles. The van der Waals surface area contributed by atoms with Gasteiger partial charge in [-0.05, 0) is 43.7 Å². The predicted molar refractivity (Wildman–Crippen MR) is 114 cm³/mol. The van der Waals surface area contributed by atoms with Gasteiger partial charge in [-0.1, -0.05) is 46.7 Å². The van der Waals surface area contributed by atoms with E-state index in [2.05, 4.69) is 10.1 Å². The van der Waals surface area contributed by atoms with Gasteiger partial charge in [-0.3, -0.25) is 14.4 Å². The molecular weight excluding hydrogens is 392 g/mol. The number of hydrogen-bond donors (Lipinski definition) is 0. The van der Waals surface area contributed by atoms with Gasteiger partial charge in [0.15, 0.2) is 5.13 Å². The fourth-order valence-electron chi connectivity index (χ4n) is 3.05. The molecule has 0 saturated heterocycles. The van der Waals surface area contributed by atoms with Crippen molar-refractivity contribution in [1.82, 2.24) is 14.8 Å². The Balaban J connectivity index is 1.75. The molecular formula is C21H19ClN4OS. The molecule has 0 N–H and O–H groups in total. The number of amides is 1. The van der Waals surface area contributed by atoms with Crippen molar-refractivity contribution in [2.24, 2.45) is 0 Å². The van der Waals surface area contributed by atoms with E-state index in [0.717, 1.165) is 21.3 Å². The van der Waals surface area contributed by atoms with Crippen molar-refractivity contribution in [2.75, 3.05) is 11.4 Å². The van der Waals surface area contributed by atoms with Crippen LogP contribution in [-0.4, -0.2) is 27.2 Å². The summed E-state index contributed by atoms with van der Waals surface area (Å²) in [7, 11) is 0. The van der Waals surface area contributed by atoms with Crippen molar-refractivity contribution in [3.63, 3.8) is 0 Å². The maximum atomic E-state index is 13.5. The lowest BCUT2D eigenvalue weighted by atomic mass is 10.0. The molecule has 0 aliphatic carbocycles. The van der Waals surface area contributed by atoms with E-state index in [1.807, 2.05) is 67.2 Å². The van der Waals surface area contributed by atoms with Gasteiger partial charge in [0.2, 0.25) is 0 Å². The number of nitrogens with zero attached hydrogens (tertiary/aromatic N) is 4. The van der Waals surface area contributed by atoms with E-state index in [-0.39, 0.29) is 5.91 Å². The van der Waals surface area contributed by atoms with Gasteiger partial charge in [-0.15, -0.1) is 0 Å². The molecule has 1 amide bonds. The minimum atomic E-state index is -0.0662. The van der Waals surface area contributed by atoms with Crippen molar-refractivity contribution >= 4 is 44.2 Å². The van der Waals surface area contributed by atoms with Crippen LogP contribution in [-0.2, 0) is 6.54 Å².